The molecule has 5 heteroatoms. The van der Waals surface area contributed by atoms with E-state index in [1.165, 1.54) is 11.3 Å². The fourth-order valence-electron chi connectivity index (χ4n) is 2.68. The lowest BCUT2D eigenvalue weighted by molar-refractivity contribution is 0.00350. The van der Waals surface area contributed by atoms with Crippen molar-refractivity contribution in [3.05, 3.63) is 28.2 Å². The number of nitrogens with one attached hydrogen (secondary N) is 1. The molecule has 4 nitrogen and oxygen atoms in total. The second kappa shape index (κ2) is 8.13. The van der Waals surface area contributed by atoms with Gasteiger partial charge in [-0.1, -0.05) is 28.9 Å². The minimum Gasteiger partial charge on any atom is -0.394 e. The van der Waals surface area contributed by atoms with Crippen molar-refractivity contribution in [2.75, 3.05) is 37.7 Å². The summed E-state index contributed by atoms with van der Waals surface area (Å²) < 4.78 is 6.63. The van der Waals surface area contributed by atoms with Crippen LogP contribution in [0.25, 0.3) is 0 Å². The Kier molecular flexibility index (Phi) is 6.48. The SMILES string of the molecule is CCCNC(C)c1ccc(Br)cc1N1CCOC(CO)C1. The fraction of sp³-hybridized carbons (Fsp3) is 0.625. The molecule has 1 aromatic carbocycles. The van der Waals surface area contributed by atoms with Crippen LogP contribution >= 0.6 is 15.9 Å². The van der Waals surface area contributed by atoms with Crippen LogP contribution in [-0.2, 0) is 4.74 Å². The molecule has 2 rings (SSSR count). The molecule has 1 aliphatic heterocycles. The standard InChI is InChI=1S/C16H25BrN2O2/c1-3-6-18-12(2)15-5-4-13(17)9-16(15)19-7-8-21-14(10-19)11-20/h4-5,9,12,14,18,20H,3,6-8,10-11H2,1-2H3. The number of hydrogen-bond donors (Lipinski definition) is 2. The molecule has 1 fully saturated rings. The number of morpholine rings is 1. The highest BCUT2D eigenvalue weighted by Gasteiger charge is 2.23. The Morgan fingerprint density at radius 1 is 1.52 bits per heavy atom. The van der Waals surface area contributed by atoms with Crippen LogP contribution in [0.2, 0.25) is 0 Å². The van der Waals surface area contributed by atoms with Gasteiger partial charge in [-0.05, 0) is 37.6 Å². The predicted octanol–water partition coefficient (Wildman–Crippen LogP) is 2.71. The summed E-state index contributed by atoms with van der Waals surface area (Å²) in [6, 6.07) is 6.74. The first-order chi connectivity index (χ1) is 10.2. The zero-order valence-electron chi connectivity index (χ0n) is 12.8. The van der Waals surface area contributed by atoms with Crippen LogP contribution in [0.1, 0.15) is 31.9 Å². The van der Waals surface area contributed by atoms with Crippen molar-refractivity contribution < 1.29 is 9.84 Å². The number of hydrogen-bond acceptors (Lipinski definition) is 4. The van der Waals surface area contributed by atoms with Gasteiger partial charge in [0.25, 0.3) is 0 Å². The number of rotatable bonds is 6. The molecule has 1 aromatic rings. The number of benzene rings is 1. The third-order valence-corrected chi connectivity index (χ3v) is 4.34. The van der Waals surface area contributed by atoms with E-state index in [9.17, 15) is 5.11 Å². The summed E-state index contributed by atoms with van der Waals surface area (Å²) in [7, 11) is 0. The minimum atomic E-state index is -0.0931. The molecule has 2 N–H and O–H groups in total. The number of halogens is 1. The maximum absolute atomic E-state index is 9.33. The second-order valence-corrected chi connectivity index (χ2v) is 6.42. The smallest absolute Gasteiger partial charge is 0.0980 e. The minimum absolute atomic E-state index is 0.0729. The van der Waals surface area contributed by atoms with Crippen LogP contribution in [-0.4, -0.2) is 44.1 Å². The monoisotopic (exact) mass is 356 g/mol. The molecule has 0 spiro atoms. The van der Waals surface area contributed by atoms with Gasteiger partial charge in [0.15, 0.2) is 0 Å². The van der Waals surface area contributed by atoms with Crippen molar-refractivity contribution in [3.8, 4) is 0 Å². The van der Waals surface area contributed by atoms with Gasteiger partial charge in [0.1, 0.15) is 0 Å². The van der Waals surface area contributed by atoms with Gasteiger partial charge >= 0.3 is 0 Å². The lowest BCUT2D eigenvalue weighted by atomic mass is 10.0. The van der Waals surface area contributed by atoms with Gasteiger partial charge in [0.05, 0.1) is 19.3 Å². The van der Waals surface area contributed by atoms with E-state index in [0.29, 0.717) is 12.6 Å². The first-order valence-electron chi connectivity index (χ1n) is 7.66. The molecule has 0 aliphatic carbocycles. The Bertz CT molecular complexity index is 456. The summed E-state index contributed by atoms with van der Waals surface area (Å²) in [5, 5.41) is 12.9. The number of anilines is 1. The van der Waals surface area contributed by atoms with E-state index in [-0.39, 0.29) is 12.7 Å². The Balaban J connectivity index is 2.22. The molecule has 0 bridgehead atoms. The normalized spacial score (nSPS) is 20.6. The van der Waals surface area contributed by atoms with Gasteiger partial charge in [-0.15, -0.1) is 0 Å². The van der Waals surface area contributed by atoms with Gasteiger partial charge in [0.2, 0.25) is 0 Å². The van der Waals surface area contributed by atoms with Gasteiger partial charge < -0.3 is 20.1 Å². The molecule has 0 radical (unpaired) electrons. The highest BCUT2D eigenvalue weighted by atomic mass is 79.9. The lowest BCUT2D eigenvalue weighted by Gasteiger charge is -2.36. The fourth-order valence-corrected chi connectivity index (χ4v) is 3.03. The van der Waals surface area contributed by atoms with Crippen molar-refractivity contribution in [1.29, 1.82) is 0 Å². The van der Waals surface area contributed by atoms with Crippen molar-refractivity contribution in [2.45, 2.75) is 32.4 Å². The largest absolute Gasteiger partial charge is 0.394 e. The molecular weight excluding hydrogens is 332 g/mol. The number of aliphatic hydroxyl groups is 1. The number of ether oxygens (including phenoxy) is 1. The first-order valence-corrected chi connectivity index (χ1v) is 8.45. The summed E-state index contributed by atoms with van der Waals surface area (Å²) in [5.74, 6) is 0. The Labute approximate surface area is 135 Å². The topological polar surface area (TPSA) is 44.7 Å². The highest BCUT2D eigenvalue weighted by Crippen LogP contribution is 2.31. The van der Waals surface area contributed by atoms with E-state index in [2.05, 4.69) is 58.2 Å². The van der Waals surface area contributed by atoms with Crippen LogP contribution in [0.5, 0.6) is 0 Å². The Morgan fingerprint density at radius 2 is 2.33 bits per heavy atom. The lowest BCUT2D eigenvalue weighted by Crippen LogP contribution is -2.44. The average Bonchev–Trinajstić information content (AvgIpc) is 2.52. The summed E-state index contributed by atoms with van der Waals surface area (Å²) in [4.78, 5) is 2.31. The average molecular weight is 357 g/mol. The molecule has 0 aromatic heterocycles. The van der Waals surface area contributed by atoms with Crippen molar-refractivity contribution >= 4 is 21.6 Å². The van der Waals surface area contributed by atoms with Gasteiger partial charge in [-0.2, -0.15) is 0 Å². The van der Waals surface area contributed by atoms with E-state index in [1.54, 1.807) is 0 Å². The molecule has 2 atom stereocenters. The molecule has 1 saturated heterocycles. The van der Waals surface area contributed by atoms with Gasteiger partial charge in [-0.3, -0.25) is 0 Å². The quantitative estimate of drug-likeness (QED) is 0.822. The summed E-state index contributed by atoms with van der Waals surface area (Å²) in [6.45, 7) is 7.72. The zero-order valence-corrected chi connectivity index (χ0v) is 14.4. The van der Waals surface area contributed by atoms with Crippen LogP contribution in [0.3, 0.4) is 0 Å². The predicted molar refractivity (Wildman–Crippen MR) is 89.9 cm³/mol. The van der Waals surface area contributed by atoms with Crippen LogP contribution < -0.4 is 10.2 Å². The number of nitrogens with zero attached hydrogens (tertiary/aromatic N) is 1. The molecule has 118 valence electrons. The summed E-state index contributed by atoms with van der Waals surface area (Å²) in [5.41, 5.74) is 2.52. The second-order valence-electron chi connectivity index (χ2n) is 5.50. The van der Waals surface area contributed by atoms with Crippen molar-refractivity contribution in [2.24, 2.45) is 0 Å². The molecule has 2 unspecified atom stereocenters. The summed E-state index contributed by atoms with van der Waals surface area (Å²) >= 11 is 3.57. The highest BCUT2D eigenvalue weighted by molar-refractivity contribution is 9.10. The Morgan fingerprint density at radius 3 is 3.05 bits per heavy atom. The third kappa shape index (κ3) is 4.42. The molecule has 0 amide bonds. The third-order valence-electron chi connectivity index (χ3n) is 3.84. The molecule has 1 aliphatic rings. The van der Waals surface area contributed by atoms with Crippen LogP contribution in [0.4, 0.5) is 5.69 Å². The van der Waals surface area contributed by atoms with E-state index in [4.69, 9.17) is 4.74 Å². The molecule has 0 saturated carbocycles. The zero-order chi connectivity index (χ0) is 15.2. The van der Waals surface area contributed by atoms with E-state index in [0.717, 1.165) is 30.5 Å². The summed E-state index contributed by atoms with van der Waals surface area (Å²) in [6.07, 6.45) is 1.03. The maximum Gasteiger partial charge on any atom is 0.0980 e. The van der Waals surface area contributed by atoms with Crippen LogP contribution in [0, 0.1) is 0 Å². The van der Waals surface area contributed by atoms with E-state index < -0.39 is 0 Å². The van der Waals surface area contributed by atoms with Crippen molar-refractivity contribution in [1.82, 2.24) is 5.32 Å². The molecule has 21 heavy (non-hydrogen) atoms. The van der Waals surface area contributed by atoms with Crippen LogP contribution in [0.15, 0.2) is 22.7 Å². The van der Waals surface area contributed by atoms with Crippen molar-refractivity contribution in [3.63, 3.8) is 0 Å². The van der Waals surface area contributed by atoms with Gasteiger partial charge in [-0.25, -0.2) is 0 Å². The van der Waals surface area contributed by atoms with E-state index >= 15 is 0 Å². The Hall–Kier alpha value is -0.620. The first kappa shape index (κ1) is 16.7. The maximum atomic E-state index is 9.33. The molecular formula is C16H25BrN2O2. The number of aliphatic hydroxyl groups excluding tert-OH is 1. The van der Waals surface area contributed by atoms with Gasteiger partial charge in [0, 0.05) is 29.3 Å². The van der Waals surface area contributed by atoms with E-state index in [1.807, 2.05) is 0 Å². The molecule has 1 heterocycles.